The minimum Gasteiger partial charge on any atom is -0.481 e. The summed E-state index contributed by atoms with van der Waals surface area (Å²) in [5.74, 6) is -0.703. The van der Waals surface area contributed by atoms with Crippen molar-refractivity contribution >= 4 is 35.5 Å². The highest BCUT2D eigenvalue weighted by Crippen LogP contribution is 2.03. The summed E-state index contributed by atoms with van der Waals surface area (Å²) in [6.07, 6.45) is 0.203. The normalized spacial score (nSPS) is 8.50. The first kappa shape index (κ1) is 17.5. The molecule has 0 aromatic carbocycles. The minimum absolute atomic E-state index is 0.101. The lowest BCUT2D eigenvalue weighted by Crippen LogP contribution is -1.99. The van der Waals surface area contributed by atoms with Crippen LogP contribution in [-0.2, 0) is 9.59 Å². The summed E-state index contributed by atoms with van der Waals surface area (Å²) < 4.78 is 0. The van der Waals surface area contributed by atoms with Gasteiger partial charge >= 0.3 is 11.9 Å². The van der Waals surface area contributed by atoms with Gasteiger partial charge in [0.05, 0.1) is 12.8 Å². The fourth-order valence-electron chi connectivity index (χ4n) is 0.489. The second-order valence-corrected chi connectivity index (χ2v) is 4.53. The van der Waals surface area contributed by atoms with E-state index < -0.39 is 11.9 Å². The molecule has 4 nitrogen and oxygen atoms in total. The van der Waals surface area contributed by atoms with Gasteiger partial charge in [-0.05, 0) is 10.8 Å². The summed E-state index contributed by atoms with van der Waals surface area (Å²) in [4.78, 5) is 19.9. The smallest absolute Gasteiger partial charge is 0.304 e. The highest BCUT2D eigenvalue weighted by atomic mass is 32.2. The van der Waals surface area contributed by atoms with E-state index in [-0.39, 0.29) is 12.8 Å². The van der Waals surface area contributed by atoms with E-state index in [1.165, 1.54) is 23.5 Å². The molecule has 0 radical (unpaired) electrons. The largest absolute Gasteiger partial charge is 0.481 e. The molecule has 6 heteroatoms. The van der Waals surface area contributed by atoms with Gasteiger partial charge in [0.25, 0.3) is 0 Å². The molecule has 0 rings (SSSR count). The molecule has 0 aromatic heterocycles. The van der Waals surface area contributed by atoms with E-state index in [1.807, 2.05) is 0 Å². The number of thioether (sulfide) groups is 2. The van der Waals surface area contributed by atoms with Crippen LogP contribution < -0.4 is 0 Å². The van der Waals surface area contributed by atoms with E-state index in [0.29, 0.717) is 11.5 Å². The zero-order valence-corrected chi connectivity index (χ0v) is 10.6. The van der Waals surface area contributed by atoms with Crippen LogP contribution >= 0.6 is 23.5 Å². The molecule has 0 spiro atoms. The number of rotatable bonds is 8. The molecule has 0 amide bonds. The average Bonchev–Trinajstić information content (AvgIpc) is 2.18. The van der Waals surface area contributed by atoms with E-state index in [2.05, 4.69) is 13.2 Å². The lowest BCUT2D eigenvalue weighted by Gasteiger charge is -1.94. The van der Waals surface area contributed by atoms with Gasteiger partial charge in [0.15, 0.2) is 0 Å². The topological polar surface area (TPSA) is 74.6 Å². The number of hydrogen-bond acceptors (Lipinski definition) is 4. The van der Waals surface area contributed by atoms with Crippen LogP contribution in [0.1, 0.15) is 12.8 Å². The zero-order chi connectivity index (χ0) is 12.8. The lowest BCUT2D eigenvalue weighted by atomic mass is 10.5. The minimum atomic E-state index is -0.840. The van der Waals surface area contributed by atoms with Gasteiger partial charge in [-0.2, -0.15) is 11.8 Å². The van der Waals surface area contributed by atoms with Crippen molar-refractivity contribution in [3.8, 4) is 0 Å². The van der Waals surface area contributed by atoms with Gasteiger partial charge in [0, 0.05) is 11.5 Å². The van der Waals surface area contributed by atoms with Crippen molar-refractivity contribution in [3.05, 3.63) is 24.0 Å². The number of aliphatic carboxylic acids is 2. The molecule has 0 saturated heterocycles. The number of carboxylic acid groups (broad SMARTS) is 2. The van der Waals surface area contributed by atoms with E-state index in [1.54, 1.807) is 10.8 Å². The maximum atomic E-state index is 9.97. The summed E-state index contributed by atoms with van der Waals surface area (Å²) in [7, 11) is 0. The Kier molecular flexibility index (Phi) is 15.5. The molecular formula is C10H16O4S2. The Hall–Kier alpha value is -0.880. The van der Waals surface area contributed by atoms with Gasteiger partial charge < -0.3 is 10.2 Å². The van der Waals surface area contributed by atoms with Crippen molar-refractivity contribution in [3.63, 3.8) is 0 Å². The summed E-state index contributed by atoms with van der Waals surface area (Å²) >= 11 is 2.84. The van der Waals surface area contributed by atoms with Crippen LogP contribution in [0.3, 0.4) is 0 Å². The highest BCUT2D eigenvalue weighted by Gasteiger charge is 1.98. The van der Waals surface area contributed by atoms with Crippen molar-refractivity contribution in [2.45, 2.75) is 12.8 Å². The lowest BCUT2D eigenvalue weighted by molar-refractivity contribution is -0.137. The van der Waals surface area contributed by atoms with Crippen LogP contribution in [0.2, 0.25) is 0 Å². The van der Waals surface area contributed by atoms with Crippen LogP contribution in [0, 0.1) is 0 Å². The zero-order valence-electron chi connectivity index (χ0n) is 8.92. The molecule has 0 aliphatic rings. The molecule has 2 N–H and O–H groups in total. The highest BCUT2D eigenvalue weighted by molar-refractivity contribution is 8.04. The molecule has 0 bridgehead atoms. The molecule has 0 saturated carbocycles. The van der Waals surface area contributed by atoms with Gasteiger partial charge in [0.2, 0.25) is 0 Å². The first-order valence-corrected chi connectivity index (χ1v) is 6.53. The molecule has 0 unspecified atom stereocenters. The molecule has 92 valence electrons. The average molecular weight is 264 g/mol. The molecular weight excluding hydrogens is 248 g/mol. The summed E-state index contributed by atoms with van der Waals surface area (Å²) in [6, 6.07) is 0. The van der Waals surface area contributed by atoms with Gasteiger partial charge in [0.1, 0.15) is 0 Å². The van der Waals surface area contributed by atoms with Crippen LogP contribution in [0.15, 0.2) is 24.0 Å². The quantitative estimate of drug-likeness (QED) is 0.656. The third-order valence-electron chi connectivity index (χ3n) is 1.11. The maximum Gasteiger partial charge on any atom is 0.304 e. The fourth-order valence-corrected chi connectivity index (χ4v) is 1.47. The first-order valence-electron chi connectivity index (χ1n) is 4.43. The summed E-state index contributed by atoms with van der Waals surface area (Å²) in [5.41, 5.74) is 0. The monoisotopic (exact) mass is 264 g/mol. The van der Waals surface area contributed by atoms with E-state index in [4.69, 9.17) is 10.2 Å². The third-order valence-corrected chi connectivity index (χ3v) is 2.48. The SMILES string of the molecule is C=CSC=C.O=C(O)CCSCCC(=O)O. The standard InChI is InChI=1S/C6H10O4S.C4H6S/c7-5(8)1-3-11-4-2-6(9)10;1-3-5-4-2/h1-4H2,(H,7,8)(H,9,10);3-4H,1-2H2. The van der Waals surface area contributed by atoms with E-state index in [0.717, 1.165) is 0 Å². The summed E-state index contributed by atoms with van der Waals surface area (Å²) in [5, 5.41) is 19.8. The number of hydrogen-bond donors (Lipinski definition) is 2. The Morgan fingerprint density at radius 3 is 1.56 bits per heavy atom. The Balaban J connectivity index is 0. The van der Waals surface area contributed by atoms with Crippen molar-refractivity contribution in [2.75, 3.05) is 11.5 Å². The second-order valence-electron chi connectivity index (χ2n) is 2.37. The first-order chi connectivity index (χ1) is 7.54. The van der Waals surface area contributed by atoms with Crippen LogP contribution in [0.25, 0.3) is 0 Å². The maximum absolute atomic E-state index is 9.97. The van der Waals surface area contributed by atoms with Crippen molar-refractivity contribution in [1.29, 1.82) is 0 Å². The molecule has 0 fully saturated rings. The Bertz CT molecular complexity index is 207. The van der Waals surface area contributed by atoms with E-state index in [9.17, 15) is 9.59 Å². The number of carbonyl (C=O) groups is 2. The van der Waals surface area contributed by atoms with Crippen LogP contribution in [0.5, 0.6) is 0 Å². The molecule has 0 aliphatic carbocycles. The van der Waals surface area contributed by atoms with Crippen LogP contribution in [0.4, 0.5) is 0 Å². The van der Waals surface area contributed by atoms with Gasteiger partial charge in [-0.25, -0.2) is 0 Å². The van der Waals surface area contributed by atoms with Gasteiger partial charge in [-0.15, -0.1) is 11.8 Å². The third kappa shape index (κ3) is 23.2. The predicted molar refractivity (Wildman–Crippen MR) is 69.8 cm³/mol. The van der Waals surface area contributed by atoms with E-state index >= 15 is 0 Å². The summed E-state index contributed by atoms with van der Waals surface area (Å²) in [6.45, 7) is 6.88. The Morgan fingerprint density at radius 2 is 1.38 bits per heavy atom. The molecule has 0 aromatic rings. The van der Waals surface area contributed by atoms with Crippen LogP contribution in [-0.4, -0.2) is 33.7 Å². The molecule has 0 aliphatic heterocycles. The predicted octanol–water partition coefficient (Wildman–Crippen LogP) is 2.68. The van der Waals surface area contributed by atoms with Crippen molar-refractivity contribution < 1.29 is 19.8 Å². The molecule has 16 heavy (non-hydrogen) atoms. The Labute approximate surface area is 104 Å². The van der Waals surface area contributed by atoms with Gasteiger partial charge in [-0.1, -0.05) is 13.2 Å². The molecule has 0 heterocycles. The second kappa shape index (κ2) is 14.1. The number of carboxylic acids is 2. The molecule has 0 atom stereocenters. The van der Waals surface area contributed by atoms with Crippen molar-refractivity contribution in [2.24, 2.45) is 0 Å². The van der Waals surface area contributed by atoms with Crippen molar-refractivity contribution in [1.82, 2.24) is 0 Å². The Morgan fingerprint density at radius 1 is 1.00 bits per heavy atom. The van der Waals surface area contributed by atoms with Gasteiger partial charge in [-0.3, -0.25) is 9.59 Å². The fraction of sp³-hybridized carbons (Fsp3) is 0.400.